The van der Waals surface area contributed by atoms with E-state index in [4.69, 9.17) is 0 Å². The predicted molar refractivity (Wildman–Crippen MR) is 97.8 cm³/mol. The van der Waals surface area contributed by atoms with E-state index in [0.717, 1.165) is 37.1 Å². The van der Waals surface area contributed by atoms with Gasteiger partial charge in [0.1, 0.15) is 0 Å². The third-order valence-electron chi connectivity index (χ3n) is 4.83. The number of likely N-dealkylation sites (tertiary alicyclic amines) is 1. The van der Waals surface area contributed by atoms with Crippen molar-refractivity contribution in [2.75, 3.05) is 20.1 Å². The highest BCUT2D eigenvalue weighted by Crippen LogP contribution is 2.24. The monoisotopic (exact) mass is 322 g/mol. The predicted octanol–water partition coefficient (Wildman–Crippen LogP) is 3.54. The molecule has 1 aliphatic heterocycles. The lowest BCUT2D eigenvalue weighted by Gasteiger charge is -2.30. The minimum absolute atomic E-state index is 0.0837. The summed E-state index contributed by atoms with van der Waals surface area (Å²) >= 11 is 0. The Morgan fingerprint density at radius 1 is 1.08 bits per heavy atom. The largest absolute Gasteiger partial charge is 0.345 e. The van der Waals surface area contributed by atoms with Crippen molar-refractivity contribution in [1.82, 2.24) is 10.2 Å². The summed E-state index contributed by atoms with van der Waals surface area (Å²) in [5.41, 5.74) is 3.48. The standard InChI is InChI=1S/C21H26N2O/c1-16-10-12-18(13-11-16)20(17-7-4-3-5-8-17)22-21(24)19-9-6-14-23(2)15-19/h3-5,7-8,10-13,19-20H,6,9,14-15H2,1-2H3,(H,22,24)/t19-,20-/m1/s1. The molecule has 0 radical (unpaired) electrons. The van der Waals surface area contributed by atoms with Gasteiger partial charge in [-0.3, -0.25) is 4.79 Å². The molecule has 2 atom stereocenters. The summed E-state index contributed by atoms with van der Waals surface area (Å²) in [7, 11) is 2.09. The van der Waals surface area contributed by atoms with Crippen molar-refractivity contribution in [3.05, 3.63) is 71.3 Å². The van der Waals surface area contributed by atoms with Crippen LogP contribution in [0.4, 0.5) is 0 Å². The zero-order valence-electron chi connectivity index (χ0n) is 14.5. The van der Waals surface area contributed by atoms with E-state index < -0.39 is 0 Å². The Kier molecular flexibility index (Phi) is 5.31. The van der Waals surface area contributed by atoms with Gasteiger partial charge in [0.05, 0.1) is 12.0 Å². The summed E-state index contributed by atoms with van der Waals surface area (Å²) in [5, 5.41) is 3.29. The fourth-order valence-electron chi connectivity index (χ4n) is 3.40. The first kappa shape index (κ1) is 16.7. The highest BCUT2D eigenvalue weighted by molar-refractivity contribution is 5.80. The van der Waals surface area contributed by atoms with Crippen LogP contribution in [0, 0.1) is 12.8 Å². The second-order valence-electron chi connectivity index (χ2n) is 6.86. The van der Waals surface area contributed by atoms with Crippen LogP contribution in [-0.4, -0.2) is 30.9 Å². The summed E-state index contributed by atoms with van der Waals surface area (Å²) in [4.78, 5) is 15.1. The maximum absolute atomic E-state index is 12.8. The van der Waals surface area contributed by atoms with E-state index in [0.29, 0.717) is 0 Å². The number of benzene rings is 2. The van der Waals surface area contributed by atoms with Crippen molar-refractivity contribution in [2.45, 2.75) is 25.8 Å². The minimum atomic E-state index is -0.0912. The van der Waals surface area contributed by atoms with Crippen molar-refractivity contribution in [1.29, 1.82) is 0 Å². The molecule has 3 nitrogen and oxygen atoms in total. The SMILES string of the molecule is Cc1ccc([C@H](NC(=O)[C@@H]2CCCN(C)C2)c2ccccc2)cc1. The number of hydrogen-bond donors (Lipinski definition) is 1. The van der Waals surface area contributed by atoms with Gasteiger partial charge in [0.25, 0.3) is 0 Å². The Bertz CT molecular complexity index is 666. The van der Waals surface area contributed by atoms with Crippen LogP contribution in [0.3, 0.4) is 0 Å². The van der Waals surface area contributed by atoms with Crippen LogP contribution in [0.2, 0.25) is 0 Å². The maximum atomic E-state index is 12.8. The molecule has 3 rings (SSSR count). The Morgan fingerprint density at radius 2 is 1.75 bits per heavy atom. The van der Waals surface area contributed by atoms with E-state index in [1.807, 2.05) is 18.2 Å². The number of hydrogen-bond acceptors (Lipinski definition) is 2. The van der Waals surface area contributed by atoms with Crippen LogP contribution in [0.5, 0.6) is 0 Å². The third kappa shape index (κ3) is 4.04. The van der Waals surface area contributed by atoms with Crippen LogP contribution >= 0.6 is 0 Å². The lowest BCUT2D eigenvalue weighted by molar-refractivity contribution is -0.127. The van der Waals surface area contributed by atoms with E-state index in [2.05, 4.69) is 60.6 Å². The van der Waals surface area contributed by atoms with E-state index in [9.17, 15) is 4.79 Å². The van der Waals surface area contributed by atoms with Gasteiger partial charge in [-0.25, -0.2) is 0 Å². The molecule has 1 N–H and O–H groups in total. The Hall–Kier alpha value is -2.13. The van der Waals surface area contributed by atoms with Crippen molar-refractivity contribution in [3.8, 4) is 0 Å². The average molecular weight is 322 g/mol. The Balaban J connectivity index is 1.82. The zero-order chi connectivity index (χ0) is 16.9. The van der Waals surface area contributed by atoms with Crippen LogP contribution in [-0.2, 0) is 4.79 Å². The van der Waals surface area contributed by atoms with Crippen molar-refractivity contribution in [2.24, 2.45) is 5.92 Å². The number of nitrogens with one attached hydrogen (secondary N) is 1. The Labute approximate surface area is 144 Å². The Morgan fingerprint density at radius 3 is 2.42 bits per heavy atom. The summed E-state index contributed by atoms with van der Waals surface area (Å²) in [6.45, 7) is 4.02. The van der Waals surface area contributed by atoms with Gasteiger partial charge in [0.2, 0.25) is 5.91 Å². The second kappa shape index (κ2) is 7.63. The quantitative estimate of drug-likeness (QED) is 0.934. The summed E-state index contributed by atoms with van der Waals surface area (Å²) in [6, 6.07) is 18.6. The lowest BCUT2D eigenvalue weighted by atomic mass is 9.94. The smallest absolute Gasteiger partial charge is 0.225 e. The molecule has 0 saturated carbocycles. The summed E-state index contributed by atoms with van der Waals surface area (Å²) in [5.74, 6) is 0.247. The molecule has 0 bridgehead atoms. The van der Waals surface area contributed by atoms with Gasteiger partial charge in [-0.2, -0.15) is 0 Å². The molecule has 0 spiro atoms. The molecule has 1 heterocycles. The van der Waals surface area contributed by atoms with E-state index in [1.54, 1.807) is 0 Å². The van der Waals surface area contributed by atoms with Crippen molar-refractivity contribution in [3.63, 3.8) is 0 Å². The topological polar surface area (TPSA) is 32.3 Å². The van der Waals surface area contributed by atoms with Gasteiger partial charge in [0.15, 0.2) is 0 Å². The lowest BCUT2D eigenvalue weighted by Crippen LogP contribution is -2.42. The molecule has 1 aliphatic rings. The molecule has 2 aromatic rings. The highest BCUT2D eigenvalue weighted by atomic mass is 16.2. The normalized spacial score (nSPS) is 19.7. The van der Waals surface area contributed by atoms with E-state index in [1.165, 1.54) is 5.56 Å². The van der Waals surface area contributed by atoms with Crippen molar-refractivity contribution < 1.29 is 4.79 Å². The first-order valence-electron chi connectivity index (χ1n) is 8.74. The first-order valence-corrected chi connectivity index (χ1v) is 8.74. The molecule has 0 aromatic heterocycles. The molecular weight excluding hydrogens is 296 g/mol. The number of piperidine rings is 1. The number of carbonyl (C=O) groups excluding carboxylic acids is 1. The molecule has 0 aliphatic carbocycles. The minimum Gasteiger partial charge on any atom is -0.345 e. The van der Waals surface area contributed by atoms with Crippen LogP contribution < -0.4 is 5.32 Å². The molecule has 3 heteroatoms. The van der Waals surface area contributed by atoms with Crippen LogP contribution in [0.25, 0.3) is 0 Å². The van der Waals surface area contributed by atoms with Gasteiger partial charge in [-0.1, -0.05) is 60.2 Å². The van der Waals surface area contributed by atoms with Gasteiger partial charge in [-0.15, -0.1) is 0 Å². The molecule has 1 fully saturated rings. The zero-order valence-corrected chi connectivity index (χ0v) is 14.5. The second-order valence-corrected chi connectivity index (χ2v) is 6.86. The number of rotatable bonds is 4. The summed E-state index contributed by atoms with van der Waals surface area (Å²) in [6.07, 6.45) is 2.07. The summed E-state index contributed by atoms with van der Waals surface area (Å²) < 4.78 is 0. The molecule has 2 aromatic carbocycles. The molecule has 1 saturated heterocycles. The third-order valence-corrected chi connectivity index (χ3v) is 4.83. The molecule has 24 heavy (non-hydrogen) atoms. The number of amides is 1. The fourth-order valence-corrected chi connectivity index (χ4v) is 3.40. The molecule has 126 valence electrons. The fraction of sp³-hybridized carbons (Fsp3) is 0.381. The van der Waals surface area contributed by atoms with Gasteiger partial charge < -0.3 is 10.2 Å². The van der Waals surface area contributed by atoms with E-state index >= 15 is 0 Å². The number of carbonyl (C=O) groups is 1. The molecule has 0 unspecified atom stereocenters. The maximum Gasteiger partial charge on any atom is 0.225 e. The molecular formula is C21H26N2O. The van der Waals surface area contributed by atoms with Gasteiger partial charge in [0, 0.05) is 6.54 Å². The average Bonchev–Trinajstić information content (AvgIpc) is 2.61. The van der Waals surface area contributed by atoms with Crippen LogP contribution in [0.1, 0.15) is 35.6 Å². The van der Waals surface area contributed by atoms with E-state index in [-0.39, 0.29) is 17.9 Å². The van der Waals surface area contributed by atoms with Gasteiger partial charge in [-0.05, 0) is 44.5 Å². The number of aryl methyl sites for hydroxylation is 1. The first-order chi connectivity index (χ1) is 11.6. The van der Waals surface area contributed by atoms with Gasteiger partial charge >= 0.3 is 0 Å². The number of nitrogens with zero attached hydrogens (tertiary/aromatic N) is 1. The van der Waals surface area contributed by atoms with Crippen LogP contribution in [0.15, 0.2) is 54.6 Å². The molecule has 1 amide bonds. The highest BCUT2D eigenvalue weighted by Gasteiger charge is 2.26. The van der Waals surface area contributed by atoms with Crippen molar-refractivity contribution >= 4 is 5.91 Å².